The second-order valence-corrected chi connectivity index (χ2v) is 5.54. The number of nitrogen functional groups attached to an aromatic ring is 1. The Kier molecular flexibility index (Phi) is 3.30. The van der Waals surface area contributed by atoms with Gasteiger partial charge in [-0.15, -0.1) is 23.1 Å². The molecule has 0 bridgehead atoms. The van der Waals surface area contributed by atoms with Gasteiger partial charge in [0.05, 0.1) is 10.6 Å². The fourth-order valence-corrected chi connectivity index (χ4v) is 3.47. The van der Waals surface area contributed by atoms with E-state index in [0.717, 1.165) is 9.90 Å². The zero-order valence-electron chi connectivity index (χ0n) is 9.29. The maximum Gasteiger partial charge on any atom is 0.263 e. The monoisotopic (exact) mass is 257 g/mol. The van der Waals surface area contributed by atoms with Gasteiger partial charge in [-0.1, -0.05) is 0 Å². The number of nitrogens with one attached hydrogen (secondary N) is 2. The lowest BCUT2D eigenvalue weighted by atomic mass is 10.3. The molecule has 1 saturated carbocycles. The maximum absolute atomic E-state index is 11.6. The number of hydrogen-bond donors (Lipinski definition) is 3. The van der Waals surface area contributed by atoms with Crippen LogP contribution < -0.4 is 16.4 Å². The molecule has 0 aliphatic heterocycles. The maximum atomic E-state index is 11.6. The van der Waals surface area contributed by atoms with Crippen LogP contribution in [0.2, 0.25) is 0 Å². The standard InChI is InChI=1S/C10H15N3OS2/c1-12-9(14)7-6(11)8(15-2)10(16-7)13-5-3-4-5/h5,13H,3-4,11H2,1-2H3,(H,12,14). The van der Waals surface area contributed by atoms with Gasteiger partial charge in [-0.2, -0.15) is 0 Å². The van der Waals surface area contributed by atoms with E-state index in [1.165, 1.54) is 24.2 Å². The van der Waals surface area contributed by atoms with Crippen molar-refractivity contribution in [1.82, 2.24) is 5.32 Å². The second kappa shape index (κ2) is 4.55. The highest BCUT2D eigenvalue weighted by Crippen LogP contribution is 2.43. The molecule has 0 spiro atoms. The third kappa shape index (κ3) is 2.12. The summed E-state index contributed by atoms with van der Waals surface area (Å²) in [7, 11) is 1.62. The predicted octanol–water partition coefficient (Wildman–Crippen LogP) is 1.99. The molecule has 1 aliphatic carbocycles. The van der Waals surface area contributed by atoms with Crippen molar-refractivity contribution >= 4 is 39.7 Å². The van der Waals surface area contributed by atoms with Crippen LogP contribution in [0.3, 0.4) is 0 Å². The first-order valence-corrected chi connectivity index (χ1v) is 7.16. The van der Waals surface area contributed by atoms with E-state index < -0.39 is 0 Å². The summed E-state index contributed by atoms with van der Waals surface area (Å²) in [5, 5.41) is 7.06. The van der Waals surface area contributed by atoms with Crippen LogP contribution in [0.4, 0.5) is 10.7 Å². The zero-order chi connectivity index (χ0) is 11.7. The van der Waals surface area contributed by atoms with Crippen molar-refractivity contribution < 1.29 is 4.79 Å². The highest BCUT2D eigenvalue weighted by Gasteiger charge is 2.26. The van der Waals surface area contributed by atoms with E-state index in [1.807, 2.05) is 6.26 Å². The van der Waals surface area contributed by atoms with E-state index in [9.17, 15) is 4.79 Å². The molecule has 88 valence electrons. The Bertz CT molecular complexity index is 412. The summed E-state index contributed by atoms with van der Waals surface area (Å²) < 4.78 is 0. The molecule has 1 heterocycles. The van der Waals surface area contributed by atoms with Gasteiger partial charge in [-0.3, -0.25) is 4.79 Å². The minimum atomic E-state index is -0.110. The van der Waals surface area contributed by atoms with Crippen molar-refractivity contribution in [1.29, 1.82) is 0 Å². The Hall–Kier alpha value is -0.880. The van der Waals surface area contributed by atoms with Gasteiger partial charge in [0.15, 0.2) is 0 Å². The third-order valence-corrected chi connectivity index (χ3v) is 4.55. The van der Waals surface area contributed by atoms with Gasteiger partial charge >= 0.3 is 0 Å². The molecule has 1 aliphatic rings. The number of hydrogen-bond acceptors (Lipinski definition) is 5. The molecule has 1 fully saturated rings. The number of anilines is 2. The average molecular weight is 257 g/mol. The van der Waals surface area contributed by atoms with Crippen molar-refractivity contribution in [3.8, 4) is 0 Å². The summed E-state index contributed by atoms with van der Waals surface area (Å²) in [6.45, 7) is 0. The zero-order valence-corrected chi connectivity index (χ0v) is 10.9. The molecule has 1 amide bonds. The predicted molar refractivity (Wildman–Crippen MR) is 70.5 cm³/mol. The summed E-state index contributed by atoms with van der Waals surface area (Å²) in [6.07, 6.45) is 4.39. The second-order valence-electron chi connectivity index (χ2n) is 3.70. The van der Waals surface area contributed by atoms with Crippen LogP contribution in [0.5, 0.6) is 0 Å². The highest BCUT2D eigenvalue weighted by atomic mass is 32.2. The molecule has 0 radical (unpaired) electrons. The van der Waals surface area contributed by atoms with Crippen molar-refractivity contribution in [2.75, 3.05) is 24.4 Å². The minimum absolute atomic E-state index is 0.110. The van der Waals surface area contributed by atoms with Crippen LogP contribution in [0, 0.1) is 0 Å². The summed E-state index contributed by atoms with van der Waals surface area (Å²) in [4.78, 5) is 13.2. The Morgan fingerprint density at radius 2 is 2.25 bits per heavy atom. The number of rotatable bonds is 4. The first-order valence-electron chi connectivity index (χ1n) is 5.12. The van der Waals surface area contributed by atoms with Crippen LogP contribution in [0.15, 0.2) is 4.90 Å². The Balaban J connectivity index is 2.32. The molecule has 6 heteroatoms. The average Bonchev–Trinajstić information content (AvgIpc) is 3.03. The number of nitrogens with two attached hydrogens (primary N) is 1. The molecule has 2 rings (SSSR count). The molecule has 4 N–H and O–H groups in total. The van der Waals surface area contributed by atoms with Gasteiger partial charge in [0.2, 0.25) is 0 Å². The van der Waals surface area contributed by atoms with Gasteiger partial charge in [0, 0.05) is 13.1 Å². The summed E-state index contributed by atoms with van der Waals surface area (Å²) in [6, 6.07) is 0.571. The summed E-state index contributed by atoms with van der Waals surface area (Å²) in [5.41, 5.74) is 6.57. The van der Waals surface area contributed by atoms with E-state index in [0.29, 0.717) is 16.6 Å². The number of carbonyl (C=O) groups is 1. The van der Waals surface area contributed by atoms with Crippen molar-refractivity contribution in [3.63, 3.8) is 0 Å². The topological polar surface area (TPSA) is 67.2 Å². The Morgan fingerprint density at radius 3 is 2.75 bits per heavy atom. The van der Waals surface area contributed by atoms with Crippen LogP contribution in [0.25, 0.3) is 0 Å². The molecule has 0 atom stereocenters. The molecular formula is C10H15N3OS2. The normalized spacial score (nSPS) is 14.9. The van der Waals surface area contributed by atoms with E-state index in [1.54, 1.807) is 18.8 Å². The Labute approximate surface area is 103 Å². The fraction of sp³-hybridized carbons (Fsp3) is 0.500. The lowest BCUT2D eigenvalue weighted by Crippen LogP contribution is -2.17. The number of amides is 1. The first kappa shape index (κ1) is 11.6. The van der Waals surface area contributed by atoms with E-state index in [4.69, 9.17) is 5.73 Å². The molecule has 1 aromatic rings. The van der Waals surface area contributed by atoms with Crippen molar-refractivity contribution in [3.05, 3.63) is 4.88 Å². The highest BCUT2D eigenvalue weighted by molar-refractivity contribution is 7.99. The molecule has 0 saturated heterocycles. The lowest BCUT2D eigenvalue weighted by molar-refractivity contribution is 0.0968. The van der Waals surface area contributed by atoms with Gasteiger partial charge in [0.1, 0.15) is 9.88 Å². The van der Waals surface area contributed by atoms with Crippen molar-refractivity contribution in [2.24, 2.45) is 0 Å². The van der Waals surface area contributed by atoms with Gasteiger partial charge in [0.25, 0.3) is 5.91 Å². The Morgan fingerprint density at radius 1 is 1.56 bits per heavy atom. The molecule has 4 nitrogen and oxygen atoms in total. The molecule has 16 heavy (non-hydrogen) atoms. The van der Waals surface area contributed by atoms with Crippen LogP contribution in [-0.2, 0) is 0 Å². The van der Waals surface area contributed by atoms with Gasteiger partial charge in [-0.05, 0) is 19.1 Å². The quantitative estimate of drug-likeness (QED) is 0.722. The molecular weight excluding hydrogens is 242 g/mol. The summed E-state index contributed by atoms with van der Waals surface area (Å²) in [5.74, 6) is -0.110. The molecule has 1 aromatic heterocycles. The van der Waals surface area contributed by atoms with Crippen LogP contribution >= 0.6 is 23.1 Å². The minimum Gasteiger partial charge on any atom is -0.396 e. The number of carbonyl (C=O) groups excluding carboxylic acids is 1. The number of thiophene rings is 1. The van der Waals surface area contributed by atoms with Gasteiger partial charge in [-0.25, -0.2) is 0 Å². The lowest BCUT2D eigenvalue weighted by Gasteiger charge is -2.03. The fourth-order valence-electron chi connectivity index (χ4n) is 1.42. The van der Waals surface area contributed by atoms with Crippen LogP contribution in [-0.4, -0.2) is 25.3 Å². The van der Waals surface area contributed by atoms with E-state index in [2.05, 4.69) is 10.6 Å². The molecule has 0 unspecified atom stereocenters. The van der Waals surface area contributed by atoms with Gasteiger partial charge < -0.3 is 16.4 Å². The smallest absolute Gasteiger partial charge is 0.263 e. The van der Waals surface area contributed by atoms with Crippen molar-refractivity contribution in [2.45, 2.75) is 23.8 Å². The number of thioether (sulfide) groups is 1. The third-order valence-electron chi connectivity index (χ3n) is 2.45. The van der Waals surface area contributed by atoms with Crippen LogP contribution in [0.1, 0.15) is 22.5 Å². The first-order chi connectivity index (χ1) is 7.67. The van der Waals surface area contributed by atoms with E-state index >= 15 is 0 Å². The van der Waals surface area contributed by atoms with E-state index in [-0.39, 0.29) is 5.91 Å². The largest absolute Gasteiger partial charge is 0.396 e. The summed E-state index contributed by atoms with van der Waals surface area (Å²) >= 11 is 3.03. The SMILES string of the molecule is CNC(=O)c1sc(NC2CC2)c(SC)c1N. The molecule has 0 aromatic carbocycles.